The summed E-state index contributed by atoms with van der Waals surface area (Å²) < 4.78 is 5.54. The summed E-state index contributed by atoms with van der Waals surface area (Å²) in [6, 6.07) is 8.17. The fourth-order valence-corrected chi connectivity index (χ4v) is 2.65. The molecule has 1 aliphatic carbocycles. The van der Waals surface area contributed by atoms with E-state index in [0.29, 0.717) is 6.04 Å². The van der Waals surface area contributed by atoms with E-state index in [0.717, 1.165) is 24.2 Å². The molecule has 0 radical (unpaired) electrons. The lowest BCUT2D eigenvalue weighted by Gasteiger charge is -2.31. The zero-order valence-electron chi connectivity index (χ0n) is 11.6. The van der Waals surface area contributed by atoms with Crippen LogP contribution in [0.2, 0.25) is 0 Å². The summed E-state index contributed by atoms with van der Waals surface area (Å²) in [7, 11) is 1.78. The number of benzene rings is 1. The predicted octanol–water partition coefficient (Wildman–Crippen LogP) is 3.01. The molecular weight excluding hydrogens is 240 g/mol. The lowest BCUT2D eigenvalue weighted by Crippen LogP contribution is -2.37. The van der Waals surface area contributed by atoms with Crippen LogP contribution in [-0.2, 0) is 9.53 Å². The van der Waals surface area contributed by atoms with Crippen LogP contribution < -0.4 is 10.6 Å². The van der Waals surface area contributed by atoms with Gasteiger partial charge in [-0.25, -0.2) is 0 Å². The fraction of sp³-hybridized carbons (Fsp3) is 0.533. The topological polar surface area (TPSA) is 50.4 Å². The van der Waals surface area contributed by atoms with Gasteiger partial charge >= 0.3 is 0 Å². The predicted molar refractivity (Wildman–Crippen MR) is 77.4 cm³/mol. The van der Waals surface area contributed by atoms with Gasteiger partial charge in [0.05, 0.1) is 12.1 Å². The summed E-state index contributed by atoms with van der Waals surface area (Å²) >= 11 is 0. The second kappa shape index (κ2) is 6.57. The van der Waals surface area contributed by atoms with Crippen LogP contribution in [0.1, 0.15) is 32.6 Å². The van der Waals surface area contributed by atoms with Crippen LogP contribution in [0.4, 0.5) is 11.4 Å². The molecule has 1 aromatic rings. The number of carbonyl (C=O) groups is 1. The van der Waals surface area contributed by atoms with E-state index in [-0.39, 0.29) is 12.0 Å². The molecule has 0 saturated heterocycles. The number of amides is 1. The first-order valence-corrected chi connectivity index (χ1v) is 6.86. The van der Waals surface area contributed by atoms with Crippen molar-refractivity contribution in [3.63, 3.8) is 0 Å². The van der Waals surface area contributed by atoms with E-state index in [1.807, 2.05) is 24.3 Å². The van der Waals surface area contributed by atoms with Gasteiger partial charge in [0.25, 0.3) is 0 Å². The lowest BCUT2D eigenvalue weighted by molar-refractivity contribution is -0.114. The van der Waals surface area contributed by atoms with Crippen LogP contribution in [0.25, 0.3) is 0 Å². The highest BCUT2D eigenvalue weighted by molar-refractivity contribution is 5.89. The van der Waals surface area contributed by atoms with Gasteiger partial charge in [0.1, 0.15) is 0 Å². The van der Waals surface area contributed by atoms with Crippen molar-refractivity contribution in [3.8, 4) is 0 Å². The molecule has 1 saturated carbocycles. The molecule has 2 N–H and O–H groups in total. The molecule has 0 bridgehead atoms. The Hall–Kier alpha value is -1.55. The number of nitrogens with one attached hydrogen (secondary N) is 2. The first kappa shape index (κ1) is 13.9. The third-order valence-corrected chi connectivity index (χ3v) is 3.54. The van der Waals surface area contributed by atoms with Crippen molar-refractivity contribution in [2.75, 3.05) is 17.7 Å². The molecule has 1 fully saturated rings. The number of hydrogen-bond donors (Lipinski definition) is 2. The van der Waals surface area contributed by atoms with Crippen molar-refractivity contribution in [3.05, 3.63) is 24.3 Å². The van der Waals surface area contributed by atoms with Crippen LogP contribution in [0, 0.1) is 0 Å². The van der Waals surface area contributed by atoms with Crippen LogP contribution in [0.5, 0.6) is 0 Å². The molecule has 4 nitrogen and oxygen atoms in total. The van der Waals surface area contributed by atoms with Gasteiger partial charge in [-0.3, -0.25) is 4.79 Å². The zero-order chi connectivity index (χ0) is 13.7. The number of hydrogen-bond acceptors (Lipinski definition) is 3. The molecule has 2 atom stereocenters. The molecule has 104 valence electrons. The van der Waals surface area contributed by atoms with Crippen molar-refractivity contribution in [2.45, 2.75) is 44.8 Å². The summed E-state index contributed by atoms with van der Waals surface area (Å²) in [6.07, 6.45) is 4.99. The Balaban J connectivity index is 2.03. The van der Waals surface area contributed by atoms with Gasteiger partial charge < -0.3 is 15.4 Å². The first-order chi connectivity index (χ1) is 9.19. The average molecular weight is 262 g/mol. The molecule has 0 aliphatic heterocycles. The molecular formula is C15H22N2O2. The zero-order valence-corrected chi connectivity index (χ0v) is 11.6. The Labute approximate surface area is 114 Å². The molecule has 4 heteroatoms. The fourth-order valence-electron chi connectivity index (χ4n) is 2.65. The Kier molecular flexibility index (Phi) is 4.80. The standard InChI is InChI=1S/C15H22N2O2/c1-11(18)16-12-6-5-7-13(10-12)17-14-8-3-4-9-15(14)19-2/h5-7,10,14-15,17H,3-4,8-9H2,1-2H3,(H,16,18). The van der Waals surface area contributed by atoms with E-state index in [9.17, 15) is 4.79 Å². The Morgan fingerprint density at radius 2 is 2.00 bits per heavy atom. The van der Waals surface area contributed by atoms with Crippen LogP contribution in [0.3, 0.4) is 0 Å². The monoisotopic (exact) mass is 262 g/mol. The number of carbonyl (C=O) groups excluding carboxylic acids is 1. The minimum atomic E-state index is -0.0513. The quantitative estimate of drug-likeness (QED) is 0.877. The second-order valence-corrected chi connectivity index (χ2v) is 5.07. The smallest absolute Gasteiger partial charge is 0.221 e. The highest BCUT2D eigenvalue weighted by Crippen LogP contribution is 2.25. The van der Waals surface area contributed by atoms with Gasteiger partial charge in [-0.15, -0.1) is 0 Å². The van der Waals surface area contributed by atoms with Gasteiger partial charge in [-0.1, -0.05) is 18.9 Å². The molecule has 19 heavy (non-hydrogen) atoms. The van der Waals surface area contributed by atoms with Crippen LogP contribution >= 0.6 is 0 Å². The highest BCUT2D eigenvalue weighted by Gasteiger charge is 2.24. The normalized spacial score (nSPS) is 22.8. The summed E-state index contributed by atoms with van der Waals surface area (Å²) in [5.41, 5.74) is 1.85. The third kappa shape index (κ3) is 3.96. The number of rotatable bonds is 4. The van der Waals surface area contributed by atoms with Gasteiger partial charge in [0.2, 0.25) is 5.91 Å². The minimum Gasteiger partial charge on any atom is -0.380 e. The highest BCUT2D eigenvalue weighted by atomic mass is 16.5. The molecule has 0 spiro atoms. The van der Waals surface area contributed by atoms with E-state index in [1.165, 1.54) is 19.8 Å². The Morgan fingerprint density at radius 1 is 1.26 bits per heavy atom. The largest absolute Gasteiger partial charge is 0.380 e. The van der Waals surface area contributed by atoms with Crippen molar-refractivity contribution < 1.29 is 9.53 Å². The van der Waals surface area contributed by atoms with Crippen LogP contribution in [-0.4, -0.2) is 25.2 Å². The summed E-state index contributed by atoms with van der Waals surface area (Å²) in [4.78, 5) is 11.1. The maximum Gasteiger partial charge on any atom is 0.221 e. The Morgan fingerprint density at radius 3 is 2.74 bits per heavy atom. The maximum atomic E-state index is 11.1. The molecule has 2 unspecified atom stereocenters. The van der Waals surface area contributed by atoms with E-state index in [1.54, 1.807) is 7.11 Å². The van der Waals surface area contributed by atoms with Gasteiger partial charge in [0.15, 0.2) is 0 Å². The molecule has 1 amide bonds. The summed E-state index contributed by atoms with van der Waals surface area (Å²) in [5, 5.41) is 6.32. The van der Waals surface area contributed by atoms with Crippen LogP contribution in [0.15, 0.2) is 24.3 Å². The first-order valence-electron chi connectivity index (χ1n) is 6.86. The van der Waals surface area contributed by atoms with E-state index in [2.05, 4.69) is 10.6 Å². The molecule has 1 aliphatic rings. The van der Waals surface area contributed by atoms with Gasteiger partial charge in [0, 0.05) is 25.4 Å². The van der Waals surface area contributed by atoms with Crippen molar-refractivity contribution >= 4 is 17.3 Å². The molecule has 0 aromatic heterocycles. The lowest BCUT2D eigenvalue weighted by atomic mass is 9.92. The molecule has 2 rings (SSSR count). The minimum absolute atomic E-state index is 0.0513. The number of methoxy groups -OCH3 is 1. The van der Waals surface area contributed by atoms with Gasteiger partial charge in [-0.2, -0.15) is 0 Å². The van der Waals surface area contributed by atoms with E-state index in [4.69, 9.17) is 4.74 Å². The Bertz CT molecular complexity index is 434. The van der Waals surface area contributed by atoms with E-state index >= 15 is 0 Å². The summed E-state index contributed by atoms with van der Waals surface area (Å²) in [5.74, 6) is -0.0513. The van der Waals surface area contributed by atoms with Crippen molar-refractivity contribution in [2.24, 2.45) is 0 Å². The third-order valence-electron chi connectivity index (χ3n) is 3.54. The number of anilines is 2. The van der Waals surface area contributed by atoms with Gasteiger partial charge in [-0.05, 0) is 31.0 Å². The number of ether oxygens (including phenoxy) is 1. The molecule has 0 heterocycles. The summed E-state index contributed by atoms with van der Waals surface area (Å²) in [6.45, 7) is 1.52. The second-order valence-electron chi connectivity index (χ2n) is 5.07. The van der Waals surface area contributed by atoms with Crippen molar-refractivity contribution in [1.29, 1.82) is 0 Å². The SMILES string of the molecule is COC1CCCCC1Nc1cccc(NC(C)=O)c1. The molecule has 1 aromatic carbocycles. The van der Waals surface area contributed by atoms with E-state index < -0.39 is 0 Å². The average Bonchev–Trinajstić information content (AvgIpc) is 2.39. The maximum absolute atomic E-state index is 11.1. The van der Waals surface area contributed by atoms with Crippen molar-refractivity contribution in [1.82, 2.24) is 0 Å².